The van der Waals surface area contributed by atoms with E-state index in [2.05, 4.69) is 17.6 Å². The predicted molar refractivity (Wildman–Crippen MR) is 74.4 cm³/mol. The molecule has 2 atom stereocenters. The topological polar surface area (TPSA) is 41.1 Å². The van der Waals surface area contributed by atoms with Crippen molar-refractivity contribution in [2.45, 2.75) is 64.3 Å². The predicted octanol–water partition coefficient (Wildman–Crippen LogP) is 2.46. The van der Waals surface area contributed by atoms with Gasteiger partial charge in [-0.05, 0) is 45.1 Å². The molecule has 1 aliphatic carbocycles. The number of rotatable bonds is 3. The molecular formula is C15H28N2O. The number of amides is 1. The molecule has 1 saturated heterocycles. The van der Waals surface area contributed by atoms with Gasteiger partial charge in [-0.1, -0.05) is 25.7 Å². The standard InChI is InChI=1S/C15H28N2O/c1-12-8-9-13(10-16-12)11-17-15(18)14-6-4-2-3-5-7-14/h12-14,16H,2-11H2,1H3,(H,17,18). The van der Waals surface area contributed by atoms with Gasteiger partial charge in [0.2, 0.25) is 5.91 Å². The van der Waals surface area contributed by atoms with Crippen LogP contribution < -0.4 is 10.6 Å². The molecule has 0 aromatic heterocycles. The zero-order valence-electron chi connectivity index (χ0n) is 11.7. The minimum absolute atomic E-state index is 0.294. The maximum absolute atomic E-state index is 12.1. The summed E-state index contributed by atoms with van der Waals surface area (Å²) in [7, 11) is 0. The van der Waals surface area contributed by atoms with Crippen LogP contribution in [0.25, 0.3) is 0 Å². The van der Waals surface area contributed by atoms with E-state index >= 15 is 0 Å². The van der Waals surface area contributed by atoms with Gasteiger partial charge in [-0.2, -0.15) is 0 Å². The minimum atomic E-state index is 0.294. The van der Waals surface area contributed by atoms with Crippen LogP contribution in [0, 0.1) is 11.8 Å². The van der Waals surface area contributed by atoms with E-state index in [-0.39, 0.29) is 0 Å². The summed E-state index contributed by atoms with van der Waals surface area (Å²) < 4.78 is 0. The SMILES string of the molecule is CC1CCC(CNC(=O)C2CCCCCC2)CN1. The van der Waals surface area contributed by atoms with Gasteiger partial charge in [-0.15, -0.1) is 0 Å². The zero-order chi connectivity index (χ0) is 12.8. The maximum Gasteiger partial charge on any atom is 0.223 e. The van der Waals surface area contributed by atoms with Crippen molar-refractivity contribution in [2.75, 3.05) is 13.1 Å². The highest BCUT2D eigenvalue weighted by atomic mass is 16.1. The van der Waals surface area contributed by atoms with Crippen LogP contribution in [0.3, 0.4) is 0 Å². The summed E-state index contributed by atoms with van der Waals surface area (Å²) >= 11 is 0. The Morgan fingerprint density at radius 1 is 1.11 bits per heavy atom. The van der Waals surface area contributed by atoms with Gasteiger partial charge in [-0.25, -0.2) is 0 Å². The highest BCUT2D eigenvalue weighted by Gasteiger charge is 2.22. The third kappa shape index (κ3) is 4.27. The normalized spacial score (nSPS) is 30.7. The molecule has 3 heteroatoms. The van der Waals surface area contributed by atoms with Gasteiger partial charge < -0.3 is 10.6 Å². The van der Waals surface area contributed by atoms with Gasteiger partial charge in [0.15, 0.2) is 0 Å². The van der Waals surface area contributed by atoms with E-state index in [0.29, 0.717) is 23.8 Å². The first-order valence-corrected chi connectivity index (χ1v) is 7.77. The quantitative estimate of drug-likeness (QED) is 0.758. The van der Waals surface area contributed by atoms with Crippen LogP contribution in [-0.2, 0) is 4.79 Å². The fourth-order valence-electron chi connectivity index (χ4n) is 3.16. The van der Waals surface area contributed by atoms with Gasteiger partial charge >= 0.3 is 0 Å². The molecule has 18 heavy (non-hydrogen) atoms. The van der Waals surface area contributed by atoms with Crippen LogP contribution >= 0.6 is 0 Å². The summed E-state index contributed by atoms with van der Waals surface area (Å²) in [5, 5.41) is 6.68. The molecule has 2 rings (SSSR count). The average molecular weight is 252 g/mol. The molecule has 104 valence electrons. The smallest absolute Gasteiger partial charge is 0.223 e. The van der Waals surface area contributed by atoms with Gasteiger partial charge in [0.1, 0.15) is 0 Å². The molecule has 1 heterocycles. The summed E-state index contributed by atoms with van der Waals surface area (Å²) in [6, 6.07) is 0.652. The Hall–Kier alpha value is -0.570. The Balaban J connectivity index is 1.67. The van der Waals surface area contributed by atoms with E-state index in [1.54, 1.807) is 0 Å². The molecule has 3 nitrogen and oxygen atoms in total. The average Bonchev–Trinajstić information content (AvgIpc) is 2.66. The summed E-state index contributed by atoms with van der Waals surface area (Å²) in [5.74, 6) is 1.24. The lowest BCUT2D eigenvalue weighted by Gasteiger charge is -2.28. The van der Waals surface area contributed by atoms with E-state index < -0.39 is 0 Å². The first-order chi connectivity index (χ1) is 8.75. The molecule has 2 unspecified atom stereocenters. The zero-order valence-corrected chi connectivity index (χ0v) is 11.7. The van der Waals surface area contributed by atoms with E-state index in [1.807, 2.05) is 0 Å². The van der Waals surface area contributed by atoms with E-state index in [4.69, 9.17) is 0 Å². The fourth-order valence-corrected chi connectivity index (χ4v) is 3.16. The molecule has 0 spiro atoms. The lowest BCUT2D eigenvalue weighted by molar-refractivity contribution is -0.125. The van der Waals surface area contributed by atoms with Crippen molar-refractivity contribution >= 4 is 5.91 Å². The third-order valence-electron chi connectivity index (χ3n) is 4.55. The molecule has 1 saturated carbocycles. The summed E-state index contributed by atoms with van der Waals surface area (Å²) in [4.78, 5) is 12.1. The number of hydrogen-bond donors (Lipinski definition) is 2. The number of nitrogens with one attached hydrogen (secondary N) is 2. The molecular weight excluding hydrogens is 224 g/mol. The second-order valence-corrected chi connectivity index (χ2v) is 6.19. The lowest BCUT2D eigenvalue weighted by atomic mass is 9.94. The Bertz CT molecular complexity index is 251. The van der Waals surface area contributed by atoms with Gasteiger partial charge in [-0.3, -0.25) is 4.79 Å². The lowest BCUT2D eigenvalue weighted by Crippen LogP contribution is -2.43. The Morgan fingerprint density at radius 3 is 2.44 bits per heavy atom. The van der Waals surface area contributed by atoms with Crippen molar-refractivity contribution in [1.29, 1.82) is 0 Å². The Morgan fingerprint density at radius 2 is 1.83 bits per heavy atom. The van der Waals surface area contributed by atoms with E-state index in [9.17, 15) is 4.79 Å². The molecule has 0 aromatic rings. The highest BCUT2D eigenvalue weighted by molar-refractivity contribution is 5.78. The van der Waals surface area contributed by atoms with Gasteiger partial charge in [0, 0.05) is 18.5 Å². The first-order valence-electron chi connectivity index (χ1n) is 7.77. The Labute approximate surface area is 111 Å². The molecule has 0 bridgehead atoms. The van der Waals surface area contributed by atoms with E-state index in [1.165, 1.54) is 38.5 Å². The molecule has 0 aromatic carbocycles. The van der Waals surface area contributed by atoms with Crippen molar-refractivity contribution in [1.82, 2.24) is 10.6 Å². The molecule has 2 fully saturated rings. The minimum Gasteiger partial charge on any atom is -0.356 e. The molecule has 1 amide bonds. The summed E-state index contributed by atoms with van der Waals surface area (Å²) in [6.45, 7) is 4.17. The third-order valence-corrected chi connectivity index (χ3v) is 4.55. The van der Waals surface area contributed by atoms with E-state index in [0.717, 1.165) is 25.9 Å². The van der Waals surface area contributed by atoms with Crippen molar-refractivity contribution in [3.05, 3.63) is 0 Å². The van der Waals surface area contributed by atoms with Crippen LogP contribution in [0.15, 0.2) is 0 Å². The Kier molecular flexibility index (Phi) is 5.48. The van der Waals surface area contributed by atoms with Gasteiger partial charge in [0.05, 0.1) is 0 Å². The van der Waals surface area contributed by atoms with Crippen LogP contribution in [0.4, 0.5) is 0 Å². The largest absolute Gasteiger partial charge is 0.356 e. The summed E-state index contributed by atoms with van der Waals surface area (Å²) in [6.07, 6.45) is 9.80. The van der Waals surface area contributed by atoms with Crippen LogP contribution in [0.1, 0.15) is 58.3 Å². The second-order valence-electron chi connectivity index (χ2n) is 6.19. The van der Waals surface area contributed by atoms with Crippen LogP contribution in [-0.4, -0.2) is 25.0 Å². The maximum atomic E-state index is 12.1. The number of carbonyl (C=O) groups excluding carboxylic acids is 1. The fraction of sp³-hybridized carbons (Fsp3) is 0.933. The molecule has 2 aliphatic rings. The van der Waals surface area contributed by atoms with Crippen LogP contribution in [0.5, 0.6) is 0 Å². The van der Waals surface area contributed by atoms with Crippen LogP contribution in [0.2, 0.25) is 0 Å². The monoisotopic (exact) mass is 252 g/mol. The van der Waals surface area contributed by atoms with Crippen molar-refractivity contribution in [3.8, 4) is 0 Å². The number of hydrogen-bond acceptors (Lipinski definition) is 2. The number of piperidine rings is 1. The molecule has 0 radical (unpaired) electrons. The second kappa shape index (κ2) is 7.13. The molecule has 2 N–H and O–H groups in total. The summed E-state index contributed by atoms with van der Waals surface area (Å²) in [5.41, 5.74) is 0. The molecule has 1 aliphatic heterocycles. The van der Waals surface area contributed by atoms with Crippen molar-refractivity contribution < 1.29 is 4.79 Å². The van der Waals surface area contributed by atoms with Gasteiger partial charge in [0.25, 0.3) is 0 Å². The first kappa shape index (κ1) is 13.9. The van der Waals surface area contributed by atoms with Crippen molar-refractivity contribution in [3.63, 3.8) is 0 Å². The highest BCUT2D eigenvalue weighted by Crippen LogP contribution is 2.23. The number of carbonyl (C=O) groups is 1. The van der Waals surface area contributed by atoms with Crippen molar-refractivity contribution in [2.24, 2.45) is 11.8 Å².